The van der Waals surface area contributed by atoms with Gasteiger partial charge in [-0.05, 0) is 22.6 Å². The summed E-state index contributed by atoms with van der Waals surface area (Å²) in [6.07, 6.45) is -0.360. The Labute approximate surface area is 192 Å². The Hall–Kier alpha value is -3.55. The monoisotopic (exact) mass is 450 g/mol. The molecule has 4 rings (SSSR count). The van der Waals surface area contributed by atoms with Gasteiger partial charge >= 0.3 is 0 Å². The number of rotatable bonds is 7. The Balaban J connectivity index is 1.56. The fourth-order valence-electron chi connectivity index (χ4n) is 4.13. The second kappa shape index (κ2) is 9.94. The molecule has 2 heterocycles. The van der Waals surface area contributed by atoms with Crippen LogP contribution < -0.4 is 5.32 Å². The van der Waals surface area contributed by atoms with Gasteiger partial charge in [0.25, 0.3) is 0 Å². The fourth-order valence-corrected chi connectivity index (χ4v) is 4.13. The molecule has 3 aromatic rings. The molecule has 0 saturated carbocycles. The zero-order valence-electron chi connectivity index (χ0n) is 18.6. The van der Waals surface area contributed by atoms with E-state index in [-0.39, 0.29) is 25.3 Å². The molecule has 0 spiro atoms. The molecule has 0 bridgehead atoms. The van der Waals surface area contributed by atoms with Crippen LogP contribution in [0.1, 0.15) is 54.8 Å². The van der Waals surface area contributed by atoms with Crippen LogP contribution >= 0.6 is 0 Å². The predicted molar refractivity (Wildman–Crippen MR) is 120 cm³/mol. The molecule has 0 aliphatic carbocycles. The SMILES string of the molecule is CC(C)c1ccc([C@@H](NC(=O)[C@@H]2C[C@@H](F)CN2C(=O)Cc2nnco2)c2ccccc2)cc1. The summed E-state index contributed by atoms with van der Waals surface area (Å²) in [6.45, 7) is 4.11. The summed E-state index contributed by atoms with van der Waals surface area (Å²) in [5.41, 5.74) is 3.02. The number of amides is 2. The number of carbonyl (C=O) groups excluding carboxylic acids is 2. The molecule has 0 radical (unpaired) electrons. The number of likely N-dealkylation sites (tertiary alicyclic amines) is 1. The maximum absolute atomic E-state index is 14.3. The highest BCUT2D eigenvalue weighted by Crippen LogP contribution is 2.27. The van der Waals surface area contributed by atoms with Crippen molar-refractivity contribution in [2.45, 2.75) is 50.9 Å². The largest absolute Gasteiger partial charge is 0.427 e. The minimum Gasteiger partial charge on any atom is -0.427 e. The van der Waals surface area contributed by atoms with E-state index in [2.05, 4.69) is 41.5 Å². The van der Waals surface area contributed by atoms with Gasteiger partial charge in [-0.15, -0.1) is 10.2 Å². The van der Waals surface area contributed by atoms with E-state index in [1.165, 1.54) is 10.5 Å². The van der Waals surface area contributed by atoms with E-state index in [0.717, 1.165) is 17.5 Å². The van der Waals surface area contributed by atoms with Crippen LogP contribution in [0.2, 0.25) is 0 Å². The standard InChI is InChI=1S/C25H27FN4O3/c1-16(2)17-8-10-19(11-9-17)24(18-6-4-3-5-7-18)28-25(32)21-12-20(26)14-30(21)23(31)13-22-29-27-15-33-22/h3-11,15-16,20-21,24H,12-14H2,1-2H3,(H,28,32)/t20-,21+,24+/m1/s1. The molecule has 1 aromatic heterocycles. The maximum Gasteiger partial charge on any atom is 0.243 e. The van der Waals surface area contributed by atoms with E-state index in [1.54, 1.807) is 0 Å². The third-order valence-corrected chi connectivity index (χ3v) is 5.94. The van der Waals surface area contributed by atoms with Gasteiger partial charge in [-0.3, -0.25) is 9.59 Å². The molecule has 1 aliphatic rings. The zero-order valence-corrected chi connectivity index (χ0v) is 18.6. The van der Waals surface area contributed by atoms with E-state index in [9.17, 15) is 14.0 Å². The van der Waals surface area contributed by atoms with E-state index in [4.69, 9.17) is 4.42 Å². The van der Waals surface area contributed by atoms with Crippen LogP contribution in [0.4, 0.5) is 4.39 Å². The van der Waals surface area contributed by atoms with Crippen molar-refractivity contribution in [1.82, 2.24) is 20.4 Å². The molecule has 1 fully saturated rings. The van der Waals surface area contributed by atoms with Gasteiger partial charge < -0.3 is 14.6 Å². The molecular weight excluding hydrogens is 423 g/mol. The molecule has 0 unspecified atom stereocenters. The summed E-state index contributed by atoms with van der Waals surface area (Å²) in [5.74, 6) is -0.288. The highest BCUT2D eigenvalue weighted by Gasteiger charge is 2.40. The van der Waals surface area contributed by atoms with Crippen LogP contribution in [0.3, 0.4) is 0 Å². The van der Waals surface area contributed by atoms with Crippen molar-refractivity contribution in [1.29, 1.82) is 0 Å². The van der Waals surface area contributed by atoms with E-state index < -0.39 is 30.1 Å². The third kappa shape index (κ3) is 5.27. The van der Waals surface area contributed by atoms with Gasteiger partial charge in [0.15, 0.2) is 0 Å². The Morgan fingerprint density at radius 2 is 1.76 bits per heavy atom. The minimum atomic E-state index is -1.27. The number of aromatic nitrogens is 2. The number of nitrogens with one attached hydrogen (secondary N) is 1. The molecule has 7 nitrogen and oxygen atoms in total. The number of carbonyl (C=O) groups is 2. The van der Waals surface area contributed by atoms with E-state index in [1.807, 2.05) is 42.5 Å². The fraction of sp³-hybridized carbons (Fsp3) is 0.360. The normalized spacial score (nSPS) is 19.0. The average Bonchev–Trinajstić information content (AvgIpc) is 3.47. The summed E-state index contributed by atoms with van der Waals surface area (Å²) in [5, 5.41) is 10.3. The van der Waals surface area contributed by atoms with Gasteiger partial charge in [0.05, 0.1) is 12.6 Å². The summed E-state index contributed by atoms with van der Waals surface area (Å²) >= 11 is 0. The van der Waals surface area contributed by atoms with Crippen molar-refractivity contribution in [3.63, 3.8) is 0 Å². The average molecular weight is 451 g/mol. The molecule has 1 N–H and O–H groups in total. The van der Waals surface area contributed by atoms with E-state index >= 15 is 0 Å². The zero-order chi connectivity index (χ0) is 23.4. The molecular formula is C25H27FN4O3. The number of hydrogen-bond acceptors (Lipinski definition) is 5. The van der Waals surface area contributed by atoms with Crippen molar-refractivity contribution in [3.8, 4) is 0 Å². The molecule has 8 heteroatoms. The van der Waals surface area contributed by atoms with Gasteiger partial charge in [-0.1, -0.05) is 68.4 Å². The topological polar surface area (TPSA) is 88.3 Å². The lowest BCUT2D eigenvalue weighted by molar-refractivity contribution is -0.138. The smallest absolute Gasteiger partial charge is 0.243 e. The van der Waals surface area contributed by atoms with Crippen molar-refractivity contribution < 1.29 is 18.4 Å². The number of alkyl halides is 1. The van der Waals surface area contributed by atoms with Crippen molar-refractivity contribution in [2.75, 3.05) is 6.54 Å². The Morgan fingerprint density at radius 1 is 1.09 bits per heavy atom. The van der Waals surface area contributed by atoms with Crippen LogP contribution in [0, 0.1) is 0 Å². The van der Waals surface area contributed by atoms with E-state index in [0.29, 0.717) is 5.92 Å². The summed E-state index contributed by atoms with van der Waals surface area (Å²) in [6, 6.07) is 16.4. The van der Waals surface area contributed by atoms with Crippen LogP contribution in [0.5, 0.6) is 0 Å². The summed E-state index contributed by atoms with van der Waals surface area (Å²) in [7, 11) is 0. The van der Waals surface area contributed by atoms with Gasteiger partial charge in [0.2, 0.25) is 24.1 Å². The molecule has 2 aromatic carbocycles. The second-order valence-corrected chi connectivity index (χ2v) is 8.58. The highest BCUT2D eigenvalue weighted by molar-refractivity contribution is 5.89. The lowest BCUT2D eigenvalue weighted by atomic mass is 9.95. The first-order valence-corrected chi connectivity index (χ1v) is 11.1. The van der Waals surface area contributed by atoms with Crippen LogP contribution in [-0.4, -0.2) is 45.7 Å². The first-order chi connectivity index (χ1) is 15.9. The Bertz CT molecular complexity index is 1070. The lowest BCUT2D eigenvalue weighted by Crippen LogP contribution is -2.47. The van der Waals surface area contributed by atoms with Crippen molar-refractivity contribution in [2.24, 2.45) is 0 Å². The first-order valence-electron chi connectivity index (χ1n) is 11.1. The van der Waals surface area contributed by atoms with Crippen molar-refractivity contribution in [3.05, 3.63) is 83.6 Å². The highest BCUT2D eigenvalue weighted by atomic mass is 19.1. The Morgan fingerprint density at radius 3 is 2.39 bits per heavy atom. The van der Waals surface area contributed by atoms with Gasteiger partial charge in [0, 0.05) is 6.42 Å². The maximum atomic E-state index is 14.3. The molecule has 1 aliphatic heterocycles. The van der Waals surface area contributed by atoms with Crippen LogP contribution in [-0.2, 0) is 16.0 Å². The van der Waals surface area contributed by atoms with Gasteiger partial charge in [-0.2, -0.15) is 0 Å². The van der Waals surface area contributed by atoms with Crippen molar-refractivity contribution >= 4 is 11.8 Å². The third-order valence-electron chi connectivity index (χ3n) is 5.94. The summed E-state index contributed by atoms with van der Waals surface area (Å²) < 4.78 is 19.3. The quantitative estimate of drug-likeness (QED) is 0.594. The molecule has 1 saturated heterocycles. The molecule has 172 valence electrons. The summed E-state index contributed by atoms with van der Waals surface area (Å²) in [4.78, 5) is 27.3. The number of halogens is 1. The molecule has 2 amide bonds. The second-order valence-electron chi connectivity index (χ2n) is 8.58. The van der Waals surface area contributed by atoms with Crippen LogP contribution in [0.15, 0.2) is 65.4 Å². The van der Waals surface area contributed by atoms with Gasteiger partial charge in [-0.25, -0.2) is 4.39 Å². The van der Waals surface area contributed by atoms with Crippen LogP contribution in [0.25, 0.3) is 0 Å². The number of hydrogen-bond donors (Lipinski definition) is 1. The molecule has 3 atom stereocenters. The van der Waals surface area contributed by atoms with Gasteiger partial charge in [0.1, 0.15) is 18.6 Å². The molecule has 33 heavy (non-hydrogen) atoms. The lowest BCUT2D eigenvalue weighted by Gasteiger charge is -2.27. The number of nitrogens with zero attached hydrogens (tertiary/aromatic N) is 3. The predicted octanol–water partition coefficient (Wildman–Crippen LogP) is 3.58. The number of benzene rings is 2. The Kier molecular flexibility index (Phi) is 6.82. The first kappa shape index (κ1) is 22.6. The minimum absolute atomic E-state index is 0.0464.